The van der Waals surface area contributed by atoms with Gasteiger partial charge in [-0.25, -0.2) is 4.98 Å². The van der Waals surface area contributed by atoms with Crippen molar-refractivity contribution in [1.82, 2.24) is 4.98 Å². The third-order valence-corrected chi connectivity index (χ3v) is 2.92. The first-order chi connectivity index (χ1) is 9.81. The van der Waals surface area contributed by atoms with Crippen LogP contribution in [0, 0.1) is 0 Å². The summed E-state index contributed by atoms with van der Waals surface area (Å²) < 4.78 is 11.3. The highest BCUT2D eigenvalue weighted by Gasteiger charge is 2.04. The van der Waals surface area contributed by atoms with Gasteiger partial charge < -0.3 is 15.2 Å². The normalized spacial score (nSPS) is 10.2. The molecule has 2 aromatic rings. The Bertz CT molecular complexity index is 544. The van der Waals surface area contributed by atoms with E-state index in [1.54, 1.807) is 6.20 Å². The fourth-order valence-electron chi connectivity index (χ4n) is 1.95. The third kappa shape index (κ3) is 3.88. The molecule has 0 radical (unpaired) electrons. The molecule has 0 spiro atoms. The number of pyridine rings is 1. The van der Waals surface area contributed by atoms with Crippen LogP contribution >= 0.6 is 0 Å². The van der Waals surface area contributed by atoms with E-state index in [1.165, 1.54) is 0 Å². The van der Waals surface area contributed by atoms with E-state index in [-0.39, 0.29) is 0 Å². The predicted molar refractivity (Wildman–Crippen MR) is 80.1 cm³/mol. The van der Waals surface area contributed by atoms with Crippen molar-refractivity contribution in [2.24, 2.45) is 0 Å². The molecule has 0 amide bonds. The molecule has 2 N–H and O–H groups in total. The van der Waals surface area contributed by atoms with Gasteiger partial charge in [-0.3, -0.25) is 0 Å². The van der Waals surface area contributed by atoms with E-state index in [1.807, 2.05) is 43.3 Å². The van der Waals surface area contributed by atoms with Gasteiger partial charge in [-0.2, -0.15) is 0 Å². The SMILES string of the molecule is CCOc1ccccc1OCCCc1cccnc1N. The van der Waals surface area contributed by atoms with Gasteiger partial charge in [-0.05, 0) is 43.5 Å². The molecule has 4 heteroatoms. The van der Waals surface area contributed by atoms with Crippen LogP contribution in [-0.2, 0) is 6.42 Å². The molecule has 0 aliphatic rings. The lowest BCUT2D eigenvalue weighted by atomic mass is 10.1. The molecule has 2 rings (SSSR count). The first-order valence-corrected chi connectivity index (χ1v) is 6.85. The molecule has 0 bridgehead atoms. The number of anilines is 1. The Morgan fingerprint density at radius 2 is 1.80 bits per heavy atom. The fraction of sp³-hybridized carbons (Fsp3) is 0.312. The maximum Gasteiger partial charge on any atom is 0.161 e. The summed E-state index contributed by atoms with van der Waals surface area (Å²) >= 11 is 0. The van der Waals surface area contributed by atoms with Crippen LogP contribution in [-0.4, -0.2) is 18.2 Å². The van der Waals surface area contributed by atoms with E-state index in [0.717, 1.165) is 29.9 Å². The average Bonchev–Trinajstić information content (AvgIpc) is 2.47. The molecule has 0 unspecified atom stereocenters. The van der Waals surface area contributed by atoms with Gasteiger partial charge in [0, 0.05) is 6.20 Å². The van der Waals surface area contributed by atoms with Crippen LogP contribution in [0.5, 0.6) is 11.5 Å². The summed E-state index contributed by atoms with van der Waals surface area (Å²) in [7, 11) is 0. The van der Waals surface area contributed by atoms with Gasteiger partial charge in [-0.15, -0.1) is 0 Å². The van der Waals surface area contributed by atoms with Crippen LogP contribution in [0.1, 0.15) is 18.9 Å². The number of hydrogen-bond acceptors (Lipinski definition) is 4. The minimum absolute atomic E-state index is 0.599. The maximum atomic E-state index is 5.81. The Morgan fingerprint density at radius 3 is 2.50 bits per heavy atom. The minimum atomic E-state index is 0.599. The molecule has 20 heavy (non-hydrogen) atoms. The molecule has 1 aromatic carbocycles. The molecule has 0 fully saturated rings. The Kier molecular flexibility index (Phi) is 5.24. The molecular weight excluding hydrogens is 252 g/mol. The highest BCUT2D eigenvalue weighted by atomic mass is 16.5. The van der Waals surface area contributed by atoms with Crippen LogP contribution in [0.2, 0.25) is 0 Å². The smallest absolute Gasteiger partial charge is 0.161 e. The highest BCUT2D eigenvalue weighted by molar-refractivity contribution is 5.40. The maximum absolute atomic E-state index is 5.81. The van der Waals surface area contributed by atoms with Crippen molar-refractivity contribution < 1.29 is 9.47 Å². The standard InChI is InChI=1S/C16H20N2O2/c1-2-19-14-9-3-4-10-15(14)20-12-6-8-13-7-5-11-18-16(13)17/h3-5,7,9-11H,2,6,8,12H2,1H3,(H2,17,18). The third-order valence-electron chi connectivity index (χ3n) is 2.92. The number of nitrogen functional groups attached to an aromatic ring is 1. The van der Waals surface area contributed by atoms with Crippen LogP contribution < -0.4 is 15.2 Å². The predicted octanol–water partition coefficient (Wildman–Crippen LogP) is 3.07. The average molecular weight is 272 g/mol. The summed E-state index contributed by atoms with van der Waals surface area (Å²) in [6.07, 6.45) is 3.44. The van der Waals surface area contributed by atoms with Crippen molar-refractivity contribution in [2.45, 2.75) is 19.8 Å². The minimum Gasteiger partial charge on any atom is -0.490 e. The molecule has 0 aliphatic heterocycles. The van der Waals surface area contributed by atoms with Crippen molar-refractivity contribution >= 4 is 5.82 Å². The topological polar surface area (TPSA) is 57.4 Å². The Morgan fingerprint density at radius 1 is 1.05 bits per heavy atom. The van der Waals surface area contributed by atoms with Crippen LogP contribution in [0.25, 0.3) is 0 Å². The molecule has 1 aromatic heterocycles. The zero-order valence-electron chi connectivity index (χ0n) is 11.7. The molecule has 1 heterocycles. The second-order valence-electron chi connectivity index (χ2n) is 4.38. The van der Waals surface area contributed by atoms with Crippen LogP contribution in [0.3, 0.4) is 0 Å². The summed E-state index contributed by atoms with van der Waals surface area (Å²) in [5.74, 6) is 2.17. The summed E-state index contributed by atoms with van der Waals surface area (Å²) in [5, 5.41) is 0. The number of nitrogens with two attached hydrogens (primary N) is 1. The summed E-state index contributed by atoms with van der Waals surface area (Å²) in [4.78, 5) is 4.07. The number of rotatable bonds is 7. The lowest BCUT2D eigenvalue weighted by Gasteiger charge is -2.11. The molecule has 106 valence electrons. The van der Waals surface area contributed by atoms with Crippen molar-refractivity contribution in [3.05, 3.63) is 48.2 Å². The van der Waals surface area contributed by atoms with E-state index in [2.05, 4.69) is 4.98 Å². The van der Waals surface area contributed by atoms with Crippen molar-refractivity contribution in [3.63, 3.8) is 0 Å². The highest BCUT2D eigenvalue weighted by Crippen LogP contribution is 2.26. The fourth-order valence-corrected chi connectivity index (χ4v) is 1.95. The lowest BCUT2D eigenvalue weighted by molar-refractivity contribution is 0.273. The van der Waals surface area contributed by atoms with E-state index in [4.69, 9.17) is 15.2 Å². The first-order valence-electron chi connectivity index (χ1n) is 6.85. The van der Waals surface area contributed by atoms with Gasteiger partial charge in [0.15, 0.2) is 11.5 Å². The van der Waals surface area contributed by atoms with E-state index >= 15 is 0 Å². The van der Waals surface area contributed by atoms with Gasteiger partial charge in [0.05, 0.1) is 13.2 Å². The zero-order chi connectivity index (χ0) is 14.2. The summed E-state index contributed by atoms with van der Waals surface area (Å²) in [6.45, 7) is 3.22. The summed E-state index contributed by atoms with van der Waals surface area (Å²) in [5.41, 5.74) is 6.87. The number of ether oxygens (including phenoxy) is 2. The van der Waals surface area contributed by atoms with Gasteiger partial charge in [-0.1, -0.05) is 18.2 Å². The monoisotopic (exact) mass is 272 g/mol. The van der Waals surface area contributed by atoms with Crippen LogP contribution in [0.4, 0.5) is 5.82 Å². The van der Waals surface area contributed by atoms with Gasteiger partial charge in [0.1, 0.15) is 5.82 Å². The number of hydrogen-bond donors (Lipinski definition) is 1. The quantitative estimate of drug-likeness (QED) is 0.787. The molecule has 0 saturated carbocycles. The number of para-hydroxylation sites is 2. The second-order valence-corrected chi connectivity index (χ2v) is 4.38. The number of aromatic nitrogens is 1. The number of nitrogens with zero attached hydrogens (tertiary/aromatic N) is 1. The Balaban J connectivity index is 1.83. The summed E-state index contributed by atoms with van der Waals surface area (Å²) in [6, 6.07) is 11.6. The second kappa shape index (κ2) is 7.38. The lowest BCUT2D eigenvalue weighted by Crippen LogP contribution is -2.03. The van der Waals surface area contributed by atoms with E-state index in [9.17, 15) is 0 Å². The number of aryl methyl sites for hydroxylation is 1. The van der Waals surface area contributed by atoms with Crippen molar-refractivity contribution in [2.75, 3.05) is 18.9 Å². The Hall–Kier alpha value is -2.23. The molecular formula is C16H20N2O2. The van der Waals surface area contributed by atoms with E-state index in [0.29, 0.717) is 19.0 Å². The molecule has 0 aliphatic carbocycles. The largest absolute Gasteiger partial charge is 0.490 e. The zero-order valence-corrected chi connectivity index (χ0v) is 11.7. The van der Waals surface area contributed by atoms with Crippen molar-refractivity contribution in [3.8, 4) is 11.5 Å². The van der Waals surface area contributed by atoms with E-state index < -0.39 is 0 Å². The molecule has 4 nitrogen and oxygen atoms in total. The Labute approximate surface area is 119 Å². The molecule has 0 atom stereocenters. The molecule has 0 saturated heterocycles. The number of benzene rings is 1. The van der Waals surface area contributed by atoms with Gasteiger partial charge in [0.2, 0.25) is 0 Å². The van der Waals surface area contributed by atoms with Crippen LogP contribution in [0.15, 0.2) is 42.6 Å². The first kappa shape index (κ1) is 14.2. The van der Waals surface area contributed by atoms with Crippen molar-refractivity contribution in [1.29, 1.82) is 0 Å². The van der Waals surface area contributed by atoms with Gasteiger partial charge >= 0.3 is 0 Å². The van der Waals surface area contributed by atoms with Gasteiger partial charge in [0.25, 0.3) is 0 Å².